The Kier molecular flexibility index (Phi) is 5.08. The molecule has 1 aromatic carbocycles. The Balaban J connectivity index is 2.11. The molecular formula is C15H24ClN3. The summed E-state index contributed by atoms with van der Waals surface area (Å²) in [6.07, 6.45) is 2.60. The van der Waals surface area contributed by atoms with Gasteiger partial charge in [0.1, 0.15) is 0 Å². The van der Waals surface area contributed by atoms with Gasteiger partial charge in [-0.25, -0.2) is 0 Å². The molecule has 0 aromatic heterocycles. The summed E-state index contributed by atoms with van der Waals surface area (Å²) in [7, 11) is 2.14. The summed E-state index contributed by atoms with van der Waals surface area (Å²) in [4.78, 5) is 4.86. The molecule has 1 aliphatic rings. The number of hydrogen-bond donors (Lipinski definition) is 1. The highest BCUT2D eigenvalue weighted by Gasteiger charge is 2.24. The molecule has 0 radical (unpaired) electrons. The molecule has 0 saturated carbocycles. The van der Waals surface area contributed by atoms with Gasteiger partial charge in [-0.3, -0.25) is 4.90 Å². The SMILES string of the molecule is CCN1CCCC1CN(C)c1cc(Cl)ccc1CN. The third kappa shape index (κ3) is 3.41. The van der Waals surface area contributed by atoms with E-state index in [1.54, 1.807) is 0 Å². The predicted octanol–water partition coefficient (Wildman–Crippen LogP) is 2.72. The first-order chi connectivity index (χ1) is 9.15. The molecule has 1 fully saturated rings. The third-order valence-electron chi connectivity index (χ3n) is 4.07. The molecule has 1 aromatic rings. The molecule has 3 nitrogen and oxygen atoms in total. The number of anilines is 1. The summed E-state index contributed by atoms with van der Waals surface area (Å²) in [5, 5.41) is 0.776. The number of hydrogen-bond acceptors (Lipinski definition) is 3. The Bertz CT molecular complexity index is 422. The number of nitrogens with two attached hydrogens (primary N) is 1. The van der Waals surface area contributed by atoms with E-state index in [1.807, 2.05) is 18.2 Å². The van der Waals surface area contributed by atoms with Crippen molar-refractivity contribution >= 4 is 17.3 Å². The topological polar surface area (TPSA) is 32.5 Å². The van der Waals surface area contributed by atoms with Crippen molar-refractivity contribution in [1.29, 1.82) is 0 Å². The first kappa shape index (κ1) is 14.6. The van der Waals surface area contributed by atoms with Crippen molar-refractivity contribution in [2.45, 2.75) is 32.4 Å². The highest BCUT2D eigenvalue weighted by Crippen LogP contribution is 2.26. The van der Waals surface area contributed by atoms with E-state index in [2.05, 4.69) is 23.8 Å². The van der Waals surface area contributed by atoms with Gasteiger partial charge in [-0.1, -0.05) is 24.6 Å². The summed E-state index contributed by atoms with van der Waals surface area (Å²) < 4.78 is 0. The van der Waals surface area contributed by atoms with Crippen LogP contribution in [0, 0.1) is 0 Å². The number of nitrogens with zero attached hydrogens (tertiary/aromatic N) is 2. The van der Waals surface area contributed by atoms with Crippen molar-refractivity contribution in [3.8, 4) is 0 Å². The predicted molar refractivity (Wildman–Crippen MR) is 82.9 cm³/mol. The average molecular weight is 282 g/mol. The Morgan fingerprint density at radius 2 is 2.26 bits per heavy atom. The monoisotopic (exact) mass is 281 g/mol. The summed E-state index contributed by atoms with van der Waals surface area (Å²) in [5.41, 5.74) is 8.14. The fraction of sp³-hybridized carbons (Fsp3) is 0.600. The van der Waals surface area contributed by atoms with Gasteiger partial charge in [0.05, 0.1) is 0 Å². The van der Waals surface area contributed by atoms with Crippen molar-refractivity contribution in [2.24, 2.45) is 5.73 Å². The van der Waals surface area contributed by atoms with E-state index in [0.717, 1.165) is 29.4 Å². The first-order valence-corrected chi connectivity index (χ1v) is 7.47. The van der Waals surface area contributed by atoms with E-state index in [-0.39, 0.29) is 0 Å². The van der Waals surface area contributed by atoms with Crippen LogP contribution in [0.3, 0.4) is 0 Å². The number of likely N-dealkylation sites (tertiary alicyclic amines) is 1. The fourth-order valence-electron chi connectivity index (χ4n) is 3.00. The van der Waals surface area contributed by atoms with Gasteiger partial charge in [-0.2, -0.15) is 0 Å². The molecule has 4 heteroatoms. The molecule has 1 aliphatic heterocycles. The van der Waals surface area contributed by atoms with Gasteiger partial charge in [0, 0.05) is 36.9 Å². The molecule has 106 valence electrons. The maximum Gasteiger partial charge on any atom is 0.0426 e. The second kappa shape index (κ2) is 6.60. The Morgan fingerprint density at radius 3 is 2.95 bits per heavy atom. The Hall–Kier alpha value is -0.770. The molecule has 0 amide bonds. The quantitative estimate of drug-likeness (QED) is 0.901. The molecular weight excluding hydrogens is 258 g/mol. The molecule has 1 atom stereocenters. The molecule has 0 aliphatic carbocycles. The van der Waals surface area contributed by atoms with E-state index in [4.69, 9.17) is 17.3 Å². The van der Waals surface area contributed by atoms with Crippen molar-refractivity contribution in [3.05, 3.63) is 28.8 Å². The van der Waals surface area contributed by atoms with Crippen LogP contribution in [0.25, 0.3) is 0 Å². The van der Waals surface area contributed by atoms with Gasteiger partial charge in [0.15, 0.2) is 0 Å². The van der Waals surface area contributed by atoms with E-state index < -0.39 is 0 Å². The number of rotatable bonds is 5. The molecule has 2 rings (SSSR count). The van der Waals surface area contributed by atoms with Crippen LogP contribution in [0.1, 0.15) is 25.3 Å². The van der Waals surface area contributed by atoms with Crippen LogP contribution in [-0.4, -0.2) is 37.6 Å². The van der Waals surface area contributed by atoms with E-state index in [1.165, 1.54) is 19.4 Å². The smallest absolute Gasteiger partial charge is 0.0426 e. The van der Waals surface area contributed by atoms with Crippen molar-refractivity contribution < 1.29 is 0 Å². The fourth-order valence-corrected chi connectivity index (χ4v) is 3.16. The van der Waals surface area contributed by atoms with Gasteiger partial charge in [0.2, 0.25) is 0 Å². The van der Waals surface area contributed by atoms with Crippen LogP contribution < -0.4 is 10.6 Å². The number of likely N-dealkylation sites (N-methyl/N-ethyl adjacent to an activating group) is 2. The second-order valence-electron chi connectivity index (χ2n) is 5.28. The Morgan fingerprint density at radius 1 is 1.47 bits per heavy atom. The minimum atomic E-state index is 0.555. The summed E-state index contributed by atoms with van der Waals surface area (Å²) in [6.45, 7) is 6.20. The van der Waals surface area contributed by atoms with Gasteiger partial charge >= 0.3 is 0 Å². The van der Waals surface area contributed by atoms with Gasteiger partial charge in [-0.05, 0) is 43.6 Å². The first-order valence-electron chi connectivity index (χ1n) is 7.09. The van der Waals surface area contributed by atoms with Gasteiger partial charge < -0.3 is 10.6 Å². The highest BCUT2D eigenvalue weighted by atomic mass is 35.5. The minimum Gasteiger partial charge on any atom is -0.373 e. The minimum absolute atomic E-state index is 0.555. The normalized spacial score (nSPS) is 19.9. The van der Waals surface area contributed by atoms with Crippen molar-refractivity contribution in [1.82, 2.24) is 4.90 Å². The zero-order chi connectivity index (χ0) is 13.8. The zero-order valence-corrected chi connectivity index (χ0v) is 12.7. The largest absolute Gasteiger partial charge is 0.373 e. The highest BCUT2D eigenvalue weighted by molar-refractivity contribution is 6.30. The van der Waals surface area contributed by atoms with Gasteiger partial charge in [0.25, 0.3) is 0 Å². The average Bonchev–Trinajstić information content (AvgIpc) is 2.85. The lowest BCUT2D eigenvalue weighted by Crippen LogP contribution is -2.39. The summed E-state index contributed by atoms with van der Waals surface area (Å²) in [5.74, 6) is 0. The van der Waals surface area contributed by atoms with Crippen LogP contribution in [0.5, 0.6) is 0 Å². The number of halogens is 1. The van der Waals surface area contributed by atoms with Crippen molar-refractivity contribution in [3.63, 3.8) is 0 Å². The lowest BCUT2D eigenvalue weighted by Gasteiger charge is -2.30. The molecule has 1 saturated heterocycles. The standard InChI is InChI=1S/C15H24ClN3/c1-3-19-8-4-5-14(19)11-18(2)15-9-13(16)7-6-12(15)10-17/h6-7,9,14H,3-5,8,10-11,17H2,1-2H3. The van der Waals surface area contributed by atoms with Crippen LogP contribution in [-0.2, 0) is 6.54 Å². The van der Waals surface area contributed by atoms with E-state index >= 15 is 0 Å². The number of benzene rings is 1. The molecule has 2 N–H and O–H groups in total. The van der Waals surface area contributed by atoms with Crippen LogP contribution in [0.2, 0.25) is 5.02 Å². The van der Waals surface area contributed by atoms with E-state index in [0.29, 0.717) is 12.6 Å². The van der Waals surface area contributed by atoms with Crippen LogP contribution >= 0.6 is 11.6 Å². The lowest BCUT2D eigenvalue weighted by molar-refractivity contribution is 0.270. The summed E-state index contributed by atoms with van der Waals surface area (Å²) >= 11 is 6.11. The van der Waals surface area contributed by atoms with Crippen LogP contribution in [0.4, 0.5) is 5.69 Å². The molecule has 1 unspecified atom stereocenters. The second-order valence-corrected chi connectivity index (χ2v) is 5.72. The zero-order valence-electron chi connectivity index (χ0n) is 11.9. The third-order valence-corrected chi connectivity index (χ3v) is 4.30. The van der Waals surface area contributed by atoms with E-state index in [9.17, 15) is 0 Å². The van der Waals surface area contributed by atoms with Crippen LogP contribution in [0.15, 0.2) is 18.2 Å². The maximum atomic E-state index is 6.11. The van der Waals surface area contributed by atoms with Crippen molar-refractivity contribution in [2.75, 3.05) is 31.6 Å². The molecule has 19 heavy (non-hydrogen) atoms. The molecule has 0 spiro atoms. The van der Waals surface area contributed by atoms with Gasteiger partial charge in [-0.15, -0.1) is 0 Å². The maximum absolute atomic E-state index is 6.11. The lowest BCUT2D eigenvalue weighted by atomic mass is 10.1. The molecule has 0 bridgehead atoms. The Labute approximate surface area is 121 Å². The molecule has 1 heterocycles. The summed E-state index contributed by atoms with van der Waals surface area (Å²) in [6, 6.07) is 6.62.